The summed E-state index contributed by atoms with van der Waals surface area (Å²) in [6.45, 7) is 3.36. The molecule has 0 radical (unpaired) electrons. The van der Waals surface area contributed by atoms with Gasteiger partial charge in [0.2, 0.25) is 10.0 Å². The molecule has 0 amide bonds. The molecule has 0 atom stereocenters. The SMILES string of the molecule is Cc1nc(Cl)cc(N2CCN(S(=O)(=O)c3cccc(Cl)c3Cl)CC2)n1. The van der Waals surface area contributed by atoms with Crippen LogP contribution in [0, 0.1) is 6.92 Å². The van der Waals surface area contributed by atoms with Crippen molar-refractivity contribution >= 4 is 50.6 Å². The summed E-state index contributed by atoms with van der Waals surface area (Å²) in [4.78, 5) is 10.4. The molecule has 1 aliphatic rings. The number of anilines is 1. The summed E-state index contributed by atoms with van der Waals surface area (Å²) in [5.74, 6) is 1.26. The van der Waals surface area contributed by atoms with E-state index in [1.807, 2.05) is 4.90 Å². The highest BCUT2D eigenvalue weighted by molar-refractivity contribution is 7.89. The van der Waals surface area contributed by atoms with Crippen LogP contribution >= 0.6 is 34.8 Å². The summed E-state index contributed by atoms with van der Waals surface area (Å²) < 4.78 is 27.1. The number of hydrogen-bond acceptors (Lipinski definition) is 5. The van der Waals surface area contributed by atoms with Gasteiger partial charge in [0.15, 0.2) is 0 Å². The zero-order chi connectivity index (χ0) is 18.2. The minimum atomic E-state index is -3.71. The van der Waals surface area contributed by atoms with Crippen molar-refractivity contribution in [2.75, 3.05) is 31.1 Å². The molecule has 1 fully saturated rings. The molecular formula is C15H15Cl3N4O2S. The van der Waals surface area contributed by atoms with E-state index in [9.17, 15) is 8.42 Å². The second-order valence-corrected chi connectivity index (χ2v) is 8.62. The van der Waals surface area contributed by atoms with Crippen molar-refractivity contribution < 1.29 is 8.42 Å². The van der Waals surface area contributed by atoms with Gasteiger partial charge >= 0.3 is 0 Å². The highest BCUT2D eigenvalue weighted by Crippen LogP contribution is 2.31. The molecule has 134 valence electrons. The predicted octanol–water partition coefficient (Wildman–Crippen LogP) is 3.26. The molecule has 6 nitrogen and oxygen atoms in total. The van der Waals surface area contributed by atoms with Crippen LogP contribution in [-0.2, 0) is 10.0 Å². The number of piperazine rings is 1. The Bertz CT molecular complexity index is 879. The van der Waals surface area contributed by atoms with E-state index in [1.54, 1.807) is 25.1 Å². The topological polar surface area (TPSA) is 66.4 Å². The third-order valence-corrected chi connectivity index (χ3v) is 6.96. The fraction of sp³-hybridized carbons (Fsp3) is 0.333. The largest absolute Gasteiger partial charge is 0.354 e. The van der Waals surface area contributed by atoms with E-state index < -0.39 is 10.0 Å². The zero-order valence-electron chi connectivity index (χ0n) is 13.3. The van der Waals surface area contributed by atoms with E-state index in [0.717, 1.165) is 0 Å². The number of aryl methyl sites for hydroxylation is 1. The van der Waals surface area contributed by atoms with Crippen LogP contribution < -0.4 is 4.90 Å². The first-order valence-electron chi connectivity index (χ1n) is 7.49. The second kappa shape index (κ2) is 7.25. The molecule has 0 saturated carbocycles. The van der Waals surface area contributed by atoms with Crippen LogP contribution in [0.25, 0.3) is 0 Å². The van der Waals surface area contributed by atoms with Crippen molar-refractivity contribution in [2.24, 2.45) is 0 Å². The lowest BCUT2D eigenvalue weighted by Gasteiger charge is -2.34. The summed E-state index contributed by atoms with van der Waals surface area (Å²) >= 11 is 18.0. The van der Waals surface area contributed by atoms with Gasteiger partial charge in [-0.15, -0.1) is 0 Å². The Morgan fingerprint density at radius 1 is 1.04 bits per heavy atom. The number of hydrogen-bond donors (Lipinski definition) is 0. The molecule has 1 saturated heterocycles. The molecule has 0 bridgehead atoms. The maximum absolute atomic E-state index is 12.8. The van der Waals surface area contributed by atoms with Gasteiger partial charge in [-0.3, -0.25) is 0 Å². The maximum atomic E-state index is 12.8. The summed E-state index contributed by atoms with van der Waals surface area (Å²) in [7, 11) is -3.71. The zero-order valence-corrected chi connectivity index (χ0v) is 16.4. The fourth-order valence-corrected chi connectivity index (χ4v) is 5.04. The first-order valence-corrected chi connectivity index (χ1v) is 10.1. The fourth-order valence-electron chi connectivity index (χ4n) is 2.66. The van der Waals surface area contributed by atoms with E-state index >= 15 is 0 Å². The van der Waals surface area contributed by atoms with Crippen LogP contribution in [0.2, 0.25) is 15.2 Å². The molecule has 3 rings (SSSR count). The number of sulfonamides is 1. The van der Waals surface area contributed by atoms with Gasteiger partial charge in [0.05, 0.1) is 10.0 Å². The van der Waals surface area contributed by atoms with Gasteiger partial charge in [-0.05, 0) is 19.1 Å². The number of halogens is 3. The quantitative estimate of drug-likeness (QED) is 0.712. The van der Waals surface area contributed by atoms with Crippen LogP contribution in [0.15, 0.2) is 29.2 Å². The molecule has 10 heteroatoms. The standard InChI is InChI=1S/C15H15Cl3N4O2S/c1-10-19-13(17)9-14(20-10)21-5-7-22(8-6-21)25(23,24)12-4-2-3-11(16)15(12)18/h2-4,9H,5-8H2,1H3. The molecule has 25 heavy (non-hydrogen) atoms. The summed E-state index contributed by atoms with van der Waals surface area (Å²) in [6, 6.07) is 6.26. The van der Waals surface area contributed by atoms with Crippen LogP contribution in [-0.4, -0.2) is 48.9 Å². The Labute approximate surface area is 161 Å². The Balaban J connectivity index is 1.78. The normalized spacial score (nSPS) is 16.2. The molecule has 0 aliphatic carbocycles. The number of nitrogens with zero attached hydrogens (tertiary/aromatic N) is 4. The van der Waals surface area contributed by atoms with Gasteiger partial charge in [0, 0.05) is 32.2 Å². The molecule has 1 aromatic carbocycles. The van der Waals surface area contributed by atoms with E-state index in [0.29, 0.717) is 43.0 Å². The van der Waals surface area contributed by atoms with E-state index in [4.69, 9.17) is 34.8 Å². The predicted molar refractivity (Wildman–Crippen MR) is 99.2 cm³/mol. The van der Waals surface area contributed by atoms with Crippen LogP contribution in [0.1, 0.15) is 5.82 Å². The van der Waals surface area contributed by atoms with Crippen LogP contribution in [0.4, 0.5) is 5.82 Å². The van der Waals surface area contributed by atoms with Crippen molar-refractivity contribution in [1.82, 2.24) is 14.3 Å². The summed E-state index contributed by atoms with van der Waals surface area (Å²) in [6.07, 6.45) is 0. The van der Waals surface area contributed by atoms with Crippen molar-refractivity contribution in [3.05, 3.63) is 45.3 Å². The van der Waals surface area contributed by atoms with E-state index in [2.05, 4.69) is 9.97 Å². The van der Waals surface area contributed by atoms with Crippen LogP contribution in [0.5, 0.6) is 0 Å². The first kappa shape index (κ1) is 18.7. The lowest BCUT2D eigenvalue weighted by molar-refractivity contribution is 0.383. The lowest BCUT2D eigenvalue weighted by Crippen LogP contribution is -2.49. The number of benzene rings is 1. The highest BCUT2D eigenvalue weighted by atomic mass is 35.5. The van der Waals surface area contributed by atoms with Crippen LogP contribution in [0.3, 0.4) is 0 Å². The maximum Gasteiger partial charge on any atom is 0.244 e. The minimum absolute atomic E-state index is 0.0241. The molecular weight excluding hydrogens is 407 g/mol. The van der Waals surface area contributed by atoms with Gasteiger partial charge in [-0.1, -0.05) is 40.9 Å². The molecule has 0 N–H and O–H groups in total. The minimum Gasteiger partial charge on any atom is -0.354 e. The summed E-state index contributed by atoms with van der Waals surface area (Å²) in [5, 5.41) is 0.626. The third kappa shape index (κ3) is 3.85. The average molecular weight is 422 g/mol. The van der Waals surface area contributed by atoms with Gasteiger partial charge in [-0.2, -0.15) is 4.31 Å². The average Bonchev–Trinajstić information content (AvgIpc) is 2.56. The van der Waals surface area contributed by atoms with Crippen molar-refractivity contribution in [3.63, 3.8) is 0 Å². The first-order chi connectivity index (χ1) is 11.8. The second-order valence-electron chi connectivity index (χ2n) is 5.54. The van der Waals surface area contributed by atoms with Crippen molar-refractivity contribution in [2.45, 2.75) is 11.8 Å². The number of rotatable bonds is 3. The Kier molecular flexibility index (Phi) is 5.41. The van der Waals surface area contributed by atoms with Gasteiger partial charge < -0.3 is 4.90 Å². The molecule has 0 spiro atoms. The molecule has 0 unspecified atom stereocenters. The summed E-state index contributed by atoms with van der Waals surface area (Å²) in [5.41, 5.74) is 0. The Morgan fingerprint density at radius 3 is 2.36 bits per heavy atom. The Hall–Kier alpha value is -1.12. The van der Waals surface area contributed by atoms with Crippen molar-refractivity contribution in [1.29, 1.82) is 0 Å². The smallest absolute Gasteiger partial charge is 0.244 e. The van der Waals surface area contributed by atoms with Gasteiger partial charge in [0.1, 0.15) is 21.7 Å². The van der Waals surface area contributed by atoms with Gasteiger partial charge in [-0.25, -0.2) is 18.4 Å². The van der Waals surface area contributed by atoms with E-state index in [1.165, 1.54) is 10.4 Å². The van der Waals surface area contributed by atoms with Crippen molar-refractivity contribution in [3.8, 4) is 0 Å². The molecule has 1 aliphatic heterocycles. The number of aromatic nitrogens is 2. The monoisotopic (exact) mass is 420 g/mol. The lowest BCUT2D eigenvalue weighted by atomic mass is 10.3. The van der Waals surface area contributed by atoms with Gasteiger partial charge in [0.25, 0.3) is 0 Å². The molecule has 2 heterocycles. The third-order valence-electron chi connectivity index (χ3n) is 3.89. The highest BCUT2D eigenvalue weighted by Gasteiger charge is 2.31. The Morgan fingerprint density at radius 2 is 1.72 bits per heavy atom. The van der Waals surface area contributed by atoms with E-state index in [-0.39, 0.29) is 14.9 Å². The molecule has 1 aromatic heterocycles. The molecule has 2 aromatic rings.